The number of hydrogen-bond donors (Lipinski definition) is 1. The molecule has 32 heavy (non-hydrogen) atoms. The number of rotatable bonds is 6. The molecule has 0 saturated carbocycles. The van der Waals surface area contributed by atoms with E-state index < -0.39 is 23.3 Å². The zero-order valence-electron chi connectivity index (χ0n) is 18.7. The first-order chi connectivity index (χ1) is 15.1. The Morgan fingerprint density at radius 3 is 2.47 bits per heavy atom. The standard InChI is InChI=1S/C25H27NO6/c1-16-20(30-21(27)11-8-14-26-24(29)32-25(2,3)4)13-12-18-19(15-22(28)31-23(16)18)17-9-6-5-7-10-17/h5-7,9-10,12-13,15H,8,11,14H2,1-4H3,(H,26,29). The third kappa shape index (κ3) is 5.97. The van der Waals surface area contributed by atoms with Crippen LogP contribution in [0.3, 0.4) is 0 Å². The van der Waals surface area contributed by atoms with Crippen molar-refractivity contribution in [2.24, 2.45) is 0 Å². The van der Waals surface area contributed by atoms with Crippen molar-refractivity contribution < 1.29 is 23.5 Å². The van der Waals surface area contributed by atoms with Gasteiger partial charge in [-0.05, 0) is 57.4 Å². The van der Waals surface area contributed by atoms with Gasteiger partial charge >= 0.3 is 17.7 Å². The average Bonchev–Trinajstić information content (AvgIpc) is 2.72. The van der Waals surface area contributed by atoms with E-state index in [2.05, 4.69) is 5.32 Å². The lowest BCUT2D eigenvalue weighted by Gasteiger charge is -2.19. The zero-order chi connectivity index (χ0) is 23.3. The van der Waals surface area contributed by atoms with Crippen LogP contribution in [0.15, 0.2) is 57.7 Å². The third-order valence-corrected chi connectivity index (χ3v) is 4.65. The van der Waals surface area contributed by atoms with Gasteiger partial charge in [0, 0.05) is 30.0 Å². The number of ether oxygens (including phenoxy) is 2. The molecule has 0 aliphatic rings. The highest BCUT2D eigenvalue weighted by atomic mass is 16.6. The fourth-order valence-corrected chi connectivity index (χ4v) is 3.22. The van der Waals surface area contributed by atoms with Crippen LogP contribution in [-0.4, -0.2) is 24.2 Å². The molecule has 1 N–H and O–H groups in total. The summed E-state index contributed by atoms with van der Waals surface area (Å²) >= 11 is 0. The maximum absolute atomic E-state index is 12.3. The number of amides is 1. The largest absolute Gasteiger partial charge is 0.444 e. The number of carbonyl (C=O) groups excluding carboxylic acids is 2. The minimum absolute atomic E-state index is 0.112. The normalized spacial score (nSPS) is 11.2. The highest BCUT2D eigenvalue weighted by molar-refractivity contribution is 5.95. The highest BCUT2D eigenvalue weighted by Gasteiger charge is 2.17. The van der Waals surface area contributed by atoms with Crippen molar-refractivity contribution in [3.8, 4) is 16.9 Å². The predicted octanol–water partition coefficient (Wildman–Crippen LogP) is 4.98. The van der Waals surface area contributed by atoms with Gasteiger partial charge in [-0.2, -0.15) is 0 Å². The predicted molar refractivity (Wildman–Crippen MR) is 122 cm³/mol. The monoisotopic (exact) mass is 437 g/mol. The number of esters is 1. The average molecular weight is 437 g/mol. The van der Waals surface area contributed by atoms with Crippen LogP contribution < -0.4 is 15.7 Å². The molecule has 0 aliphatic heterocycles. The Kier molecular flexibility index (Phi) is 6.98. The second-order valence-corrected chi connectivity index (χ2v) is 8.42. The molecule has 3 aromatic rings. The van der Waals surface area contributed by atoms with Crippen LogP contribution in [0, 0.1) is 6.92 Å². The lowest BCUT2D eigenvalue weighted by molar-refractivity contribution is -0.134. The molecule has 0 unspecified atom stereocenters. The van der Waals surface area contributed by atoms with Crippen molar-refractivity contribution in [3.05, 3.63) is 64.5 Å². The van der Waals surface area contributed by atoms with E-state index in [0.717, 1.165) is 16.5 Å². The lowest BCUT2D eigenvalue weighted by atomic mass is 10.0. The van der Waals surface area contributed by atoms with E-state index in [1.165, 1.54) is 6.07 Å². The number of benzene rings is 2. The van der Waals surface area contributed by atoms with E-state index in [1.807, 2.05) is 30.3 Å². The number of aryl methyl sites for hydroxylation is 1. The summed E-state index contributed by atoms with van der Waals surface area (Å²) < 4.78 is 16.1. The molecule has 168 valence electrons. The van der Waals surface area contributed by atoms with E-state index in [-0.39, 0.29) is 13.0 Å². The van der Waals surface area contributed by atoms with Gasteiger partial charge in [-0.25, -0.2) is 9.59 Å². The van der Waals surface area contributed by atoms with Crippen LogP contribution >= 0.6 is 0 Å². The smallest absolute Gasteiger partial charge is 0.407 e. The molecule has 0 radical (unpaired) electrons. The minimum atomic E-state index is -0.577. The SMILES string of the molecule is Cc1c(OC(=O)CCCNC(=O)OC(C)(C)C)ccc2c(-c3ccccc3)cc(=O)oc12. The van der Waals surface area contributed by atoms with Gasteiger partial charge < -0.3 is 19.2 Å². The van der Waals surface area contributed by atoms with Gasteiger partial charge in [0.1, 0.15) is 16.9 Å². The van der Waals surface area contributed by atoms with Crippen LogP contribution in [0.2, 0.25) is 0 Å². The molecule has 2 aromatic carbocycles. The van der Waals surface area contributed by atoms with E-state index in [9.17, 15) is 14.4 Å². The summed E-state index contributed by atoms with van der Waals surface area (Å²) in [5.41, 5.74) is 1.55. The van der Waals surface area contributed by atoms with Gasteiger partial charge in [0.25, 0.3) is 0 Å². The Labute approximate surface area is 186 Å². The van der Waals surface area contributed by atoms with E-state index in [4.69, 9.17) is 13.9 Å². The van der Waals surface area contributed by atoms with Crippen LogP contribution in [0.25, 0.3) is 22.1 Å². The third-order valence-electron chi connectivity index (χ3n) is 4.65. The van der Waals surface area contributed by atoms with Gasteiger partial charge in [-0.3, -0.25) is 4.79 Å². The topological polar surface area (TPSA) is 94.8 Å². The number of alkyl carbamates (subject to hydrolysis) is 1. The molecule has 0 saturated heterocycles. The zero-order valence-corrected chi connectivity index (χ0v) is 18.7. The first kappa shape index (κ1) is 23.1. The second kappa shape index (κ2) is 9.68. The summed E-state index contributed by atoms with van der Waals surface area (Å²) in [5.74, 6) is -0.115. The Balaban J connectivity index is 1.68. The van der Waals surface area contributed by atoms with Crippen LogP contribution in [0.5, 0.6) is 5.75 Å². The molecule has 0 aliphatic carbocycles. The summed E-state index contributed by atoms with van der Waals surface area (Å²) in [5, 5.41) is 3.36. The Hall–Kier alpha value is -3.61. The molecule has 7 heteroatoms. The Bertz CT molecular complexity index is 1170. The lowest BCUT2D eigenvalue weighted by Crippen LogP contribution is -2.33. The molecular weight excluding hydrogens is 410 g/mol. The van der Waals surface area contributed by atoms with Crippen molar-refractivity contribution in [2.45, 2.75) is 46.1 Å². The maximum Gasteiger partial charge on any atom is 0.407 e. The molecule has 3 rings (SSSR count). The number of nitrogens with one attached hydrogen (secondary N) is 1. The summed E-state index contributed by atoms with van der Waals surface area (Å²) in [7, 11) is 0. The summed E-state index contributed by atoms with van der Waals surface area (Å²) in [4.78, 5) is 36.1. The molecule has 0 bridgehead atoms. The van der Waals surface area contributed by atoms with Crippen LogP contribution in [0.4, 0.5) is 4.79 Å². The number of hydrogen-bond acceptors (Lipinski definition) is 6. The Morgan fingerprint density at radius 2 is 1.78 bits per heavy atom. The quantitative estimate of drug-likeness (QED) is 0.253. The molecule has 0 atom stereocenters. The van der Waals surface area contributed by atoms with Crippen molar-refractivity contribution in [2.75, 3.05) is 6.54 Å². The number of carbonyl (C=O) groups is 2. The maximum atomic E-state index is 12.3. The van der Waals surface area contributed by atoms with Gasteiger partial charge in [-0.1, -0.05) is 30.3 Å². The fourth-order valence-electron chi connectivity index (χ4n) is 3.22. The summed E-state index contributed by atoms with van der Waals surface area (Å²) in [6.07, 6.45) is -0.0142. The summed E-state index contributed by atoms with van der Waals surface area (Å²) in [6, 6.07) is 14.5. The van der Waals surface area contributed by atoms with Gasteiger partial charge in [0.2, 0.25) is 0 Å². The van der Waals surface area contributed by atoms with Crippen molar-refractivity contribution >= 4 is 23.0 Å². The van der Waals surface area contributed by atoms with Gasteiger partial charge in [-0.15, -0.1) is 0 Å². The molecule has 7 nitrogen and oxygen atoms in total. The second-order valence-electron chi connectivity index (χ2n) is 8.42. The van der Waals surface area contributed by atoms with E-state index >= 15 is 0 Å². The molecule has 0 spiro atoms. The molecule has 0 fully saturated rings. The fraction of sp³-hybridized carbons (Fsp3) is 0.320. The first-order valence-electron chi connectivity index (χ1n) is 10.4. The van der Waals surface area contributed by atoms with Crippen LogP contribution in [-0.2, 0) is 9.53 Å². The van der Waals surface area contributed by atoms with Crippen molar-refractivity contribution in [1.82, 2.24) is 5.32 Å². The van der Waals surface area contributed by atoms with Gasteiger partial charge in [0.15, 0.2) is 0 Å². The molecule has 1 aromatic heterocycles. The van der Waals surface area contributed by atoms with Crippen molar-refractivity contribution in [1.29, 1.82) is 0 Å². The molecular formula is C25H27NO6. The number of fused-ring (bicyclic) bond motifs is 1. The minimum Gasteiger partial charge on any atom is -0.444 e. The van der Waals surface area contributed by atoms with Crippen molar-refractivity contribution in [3.63, 3.8) is 0 Å². The summed E-state index contributed by atoms with van der Waals surface area (Å²) in [6.45, 7) is 7.37. The van der Waals surface area contributed by atoms with Gasteiger partial charge in [0.05, 0.1) is 0 Å². The molecule has 1 amide bonds. The Morgan fingerprint density at radius 1 is 1.06 bits per heavy atom. The van der Waals surface area contributed by atoms with E-state index in [1.54, 1.807) is 39.8 Å². The van der Waals surface area contributed by atoms with E-state index in [0.29, 0.717) is 23.3 Å². The molecule has 1 heterocycles. The van der Waals surface area contributed by atoms with Crippen LogP contribution in [0.1, 0.15) is 39.2 Å². The first-order valence-corrected chi connectivity index (χ1v) is 10.4. The highest BCUT2D eigenvalue weighted by Crippen LogP contribution is 2.33.